The standard InChI is InChI=1S/C19H23NO5S/c1-3-5-11-20-16-12-14(19(21)22)13-17(26(23,24)4-2)18(16)25-15-9-7-6-8-10-15/h6-10,12-13,20H,3-5,11H2,1-2H3,(H,21,22). The molecule has 0 spiro atoms. The quantitative estimate of drug-likeness (QED) is 0.637. The molecule has 0 fully saturated rings. The average molecular weight is 377 g/mol. The highest BCUT2D eigenvalue weighted by Crippen LogP contribution is 2.38. The van der Waals surface area contributed by atoms with Crippen LogP contribution in [-0.2, 0) is 9.84 Å². The van der Waals surface area contributed by atoms with E-state index < -0.39 is 15.8 Å². The minimum absolute atomic E-state index is 0.101. The van der Waals surface area contributed by atoms with E-state index in [2.05, 4.69) is 5.32 Å². The van der Waals surface area contributed by atoms with E-state index in [4.69, 9.17) is 4.74 Å². The molecule has 2 N–H and O–H groups in total. The van der Waals surface area contributed by atoms with Gasteiger partial charge < -0.3 is 15.2 Å². The van der Waals surface area contributed by atoms with Crippen molar-refractivity contribution in [2.45, 2.75) is 31.6 Å². The SMILES string of the molecule is CCCCNc1cc(C(=O)O)cc(S(=O)(=O)CC)c1Oc1ccccc1. The lowest BCUT2D eigenvalue weighted by atomic mass is 10.1. The molecule has 0 aliphatic carbocycles. The summed E-state index contributed by atoms with van der Waals surface area (Å²) in [4.78, 5) is 11.3. The van der Waals surface area contributed by atoms with Crippen LogP contribution >= 0.6 is 0 Å². The summed E-state index contributed by atoms with van der Waals surface area (Å²) in [7, 11) is -3.69. The first-order valence-corrected chi connectivity index (χ1v) is 10.1. The average Bonchev–Trinajstić information content (AvgIpc) is 2.63. The fraction of sp³-hybridized carbons (Fsp3) is 0.316. The molecule has 140 valence electrons. The Morgan fingerprint density at radius 1 is 1.15 bits per heavy atom. The fourth-order valence-corrected chi connectivity index (χ4v) is 3.41. The van der Waals surface area contributed by atoms with Crippen LogP contribution in [0.5, 0.6) is 11.5 Å². The molecule has 0 saturated heterocycles. The highest BCUT2D eigenvalue weighted by atomic mass is 32.2. The summed E-state index contributed by atoms with van der Waals surface area (Å²) in [5.41, 5.74) is 0.255. The summed E-state index contributed by atoms with van der Waals surface area (Å²) < 4.78 is 31.0. The largest absolute Gasteiger partial charge is 0.478 e. The molecule has 0 aliphatic heterocycles. The summed E-state index contributed by atoms with van der Waals surface area (Å²) in [6.07, 6.45) is 1.80. The predicted molar refractivity (Wildman–Crippen MR) is 101 cm³/mol. The van der Waals surface area contributed by atoms with Crippen molar-refractivity contribution in [1.29, 1.82) is 0 Å². The van der Waals surface area contributed by atoms with E-state index in [1.165, 1.54) is 13.0 Å². The van der Waals surface area contributed by atoms with Gasteiger partial charge in [0.05, 0.1) is 17.0 Å². The number of aromatic carboxylic acids is 1. The first-order chi connectivity index (χ1) is 12.4. The molecule has 0 heterocycles. The number of para-hydroxylation sites is 1. The zero-order valence-electron chi connectivity index (χ0n) is 14.9. The van der Waals surface area contributed by atoms with Gasteiger partial charge in [0.1, 0.15) is 10.6 Å². The second-order valence-corrected chi connectivity index (χ2v) is 8.00. The van der Waals surface area contributed by atoms with E-state index >= 15 is 0 Å². The summed E-state index contributed by atoms with van der Waals surface area (Å²) in [5, 5.41) is 12.5. The van der Waals surface area contributed by atoms with Crippen molar-refractivity contribution in [2.75, 3.05) is 17.6 Å². The molecular formula is C19H23NO5S. The molecule has 0 saturated carbocycles. The number of benzene rings is 2. The van der Waals surface area contributed by atoms with Gasteiger partial charge in [-0.05, 0) is 30.7 Å². The maximum absolute atomic E-state index is 12.6. The summed E-state index contributed by atoms with van der Waals surface area (Å²) in [6, 6.07) is 11.4. The van der Waals surface area contributed by atoms with Crippen LogP contribution in [0, 0.1) is 0 Å². The topological polar surface area (TPSA) is 92.7 Å². The number of carboxylic acids is 1. The van der Waals surface area contributed by atoms with Crippen molar-refractivity contribution in [3.05, 3.63) is 48.0 Å². The molecular weight excluding hydrogens is 354 g/mol. The van der Waals surface area contributed by atoms with Crippen molar-refractivity contribution in [1.82, 2.24) is 0 Å². The molecule has 0 bridgehead atoms. The number of unbranched alkanes of at least 4 members (excludes halogenated alkanes) is 1. The van der Waals surface area contributed by atoms with Gasteiger partial charge >= 0.3 is 5.97 Å². The van der Waals surface area contributed by atoms with E-state index in [1.807, 2.05) is 13.0 Å². The molecule has 2 rings (SSSR count). The molecule has 0 unspecified atom stereocenters. The van der Waals surface area contributed by atoms with Crippen molar-refractivity contribution in [3.8, 4) is 11.5 Å². The molecule has 2 aromatic carbocycles. The molecule has 0 aromatic heterocycles. The smallest absolute Gasteiger partial charge is 0.335 e. The van der Waals surface area contributed by atoms with Crippen LogP contribution in [-0.4, -0.2) is 31.8 Å². The lowest BCUT2D eigenvalue weighted by Crippen LogP contribution is -2.11. The molecule has 7 heteroatoms. The van der Waals surface area contributed by atoms with Crippen molar-refractivity contribution in [3.63, 3.8) is 0 Å². The van der Waals surface area contributed by atoms with Crippen molar-refractivity contribution >= 4 is 21.5 Å². The molecule has 26 heavy (non-hydrogen) atoms. The van der Waals surface area contributed by atoms with Crippen LogP contribution in [0.2, 0.25) is 0 Å². The maximum atomic E-state index is 12.6. The Balaban J connectivity index is 2.63. The van der Waals surface area contributed by atoms with Gasteiger partial charge in [0.25, 0.3) is 0 Å². The van der Waals surface area contributed by atoms with Gasteiger partial charge in [0.2, 0.25) is 0 Å². The van der Waals surface area contributed by atoms with Gasteiger partial charge in [-0.3, -0.25) is 0 Å². The van der Waals surface area contributed by atoms with Crippen LogP contribution < -0.4 is 10.1 Å². The molecule has 0 radical (unpaired) electrons. The number of nitrogens with one attached hydrogen (secondary N) is 1. The van der Waals surface area contributed by atoms with Crippen LogP contribution in [0.15, 0.2) is 47.4 Å². The second kappa shape index (κ2) is 8.71. The van der Waals surface area contributed by atoms with Crippen LogP contribution in [0.25, 0.3) is 0 Å². The normalized spacial score (nSPS) is 11.2. The van der Waals surface area contributed by atoms with Gasteiger partial charge in [-0.2, -0.15) is 0 Å². The van der Waals surface area contributed by atoms with Gasteiger partial charge in [0, 0.05) is 6.54 Å². The van der Waals surface area contributed by atoms with E-state index in [9.17, 15) is 18.3 Å². The summed E-state index contributed by atoms with van der Waals surface area (Å²) >= 11 is 0. The van der Waals surface area contributed by atoms with Gasteiger partial charge in [0.15, 0.2) is 15.6 Å². The third-order valence-electron chi connectivity index (χ3n) is 3.83. The number of ether oxygens (including phenoxy) is 1. The number of anilines is 1. The van der Waals surface area contributed by atoms with Crippen LogP contribution in [0.3, 0.4) is 0 Å². The van der Waals surface area contributed by atoms with Crippen LogP contribution in [0.1, 0.15) is 37.0 Å². The first-order valence-electron chi connectivity index (χ1n) is 8.50. The Kier molecular flexibility index (Phi) is 6.63. The molecule has 2 aromatic rings. The second-order valence-electron chi connectivity index (χ2n) is 5.76. The molecule has 0 atom stereocenters. The van der Waals surface area contributed by atoms with Crippen LogP contribution in [0.4, 0.5) is 5.69 Å². The maximum Gasteiger partial charge on any atom is 0.335 e. The third-order valence-corrected chi connectivity index (χ3v) is 5.56. The highest BCUT2D eigenvalue weighted by Gasteiger charge is 2.24. The number of rotatable bonds is 9. The minimum Gasteiger partial charge on any atom is -0.478 e. The number of hydrogen-bond acceptors (Lipinski definition) is 5. The van der Waals surface area contributed by atoms with E-state index in [1.54, 1.807) is 24.3 Å². The zero-order chi connectivity index (χ0) is 19.2. The van der Waals surface area contributed by atoms with E-state index in [0.29, 0.717) is 18.0 Å². The lowest BCUT2D eigenvalue weighted by molar-refractivity contribution is 0.0696. The molecule has 0 aliphatic rings. The lowest BCUT2D eigenvalue weighted by Gasteiger charge is -2.18. The highest BCUT2D eigenvalue weighted by molar-refractivity contribution is 7.91. The van der Waals surface area contributed by atoms with Gasteiger partial charge in [-0.1, -0.05) is 38.5 Å². The first kappa shape index (κ1) is 19.8. The zero-order valence-corrected chi connectivity index (χ0v) is 15.7. The van der Waals surface area contributed by atoms with Gasteiger partial charge in [-0.15, -0.1) is 0 Å². The number of carboxylic acid groups (broad SMARTS) is 1. The number of hydrogen-bond donors (Lipinski definition) is 2. The predicted octanol–water partition coefficient (Wildman–Crippen LogP) is 4.18. The Bertz CT molecular complexity index is 863. The third kappa shape index (κ3) is 4.76. The van der Waals surface area contributed by atoms with E-state index in [-0.39, 0.29) is 22.0 Å². The summed E-state index contributed by atoms with van der Waals surface area (Å²) in [5.74, 6) is -0.751. The fourth-order valence-electron chi connectivity index (χ4n) is 2.36. The molecule has 6 nitrogen and oxygen atoms in total. The Morgan fingerprint density at radius 2 is 1.85 bits per heavy atom. The monoisotopic (exact) mass is 377 g/mol. The van der Waals surface area contributed by atoms with Gasteiger partial charge in [-0.25, -0.2) is 13.2 Å². The van der Waals surface area contributed by atoms with Crippen molar-refractivity contribution in [2.24, 2.45) is 0 Å². The Labute approximate surface area is 153 Å². The number of carbonyl (C=O) groups is 1. The minimum atomic E-state index is -3.69. The Morgan fingerprint density at radius 3 is 2.42 bits per heavy atom. The Hall–Kier alpha value is -2.54. The number of sulfone groups is 1. The molecule has 0 amide bonds. The van der Waals surface area contributed by atoms with Crippen molar-refractivity contribution < 1.29 is 23.1 Å². The summed E-state index contributed by atoms with van der Waals surface area (Å²) in [6.45, 7) is 4.12. The van der Waals surface area contributed by atoms with E-state index in [0.717, 1.165) is 18.9 Å².